The minimum Gasteiger partial charge on any atom is -0.479 e. The van der Waals surface area contributed by atoms with Crippen molar-refractivity contribution in [3.8, 4) is 0 Å². The van der Waals surface area contributed by atoms with Crippen LogP contribution in [0.3, 0.4) is 0 Å². The summed E-state index contributed by atoms with van der Waals surface area (Å²) in [4.78, 5) is 23.2. The third kappa shape index (κ3) is 5.95. The molecule has 116 valence electrons. The first-order valence-electron chi connectivity index (χ1n) is 7.12. The number of carboxylic acids is 1. The van der Waals surface area contributed by atoms with Crippen molar-refractivity contribution in [3.63, 3.8) is 0 Å². The van der Waals surface area contributed by atoms with Gasteiger partial charge in [0.05, 0.1) is 0 Å². The molecule has 0 radical (unpaired) electrons. The largest absolute Gasteiger partial charge is 0.479 e. The molecular formula is C16H23NO4. The van der Waals surface area contributed by atoms with Crippen molar-refractivity contribution < 1.29 is 19.4 Å². The predicted molar refractivity (Wildman–Crippen MR) is 80.2 cm³/mol. The van der Waals surface area contributed by atoms with Gasteiger partial charge in [-0.15, -0.1) is 0 Å². The fourth-order valence-electron chi connectivity index (χ4n) is 2.18. The lowest BCUT2D eigenvalue weighted by atomic mass is 10.0. The molecule has 0 saturated carbocycles. The Balaban J connectivity index is 2.69. The first-order valence-corrected chi connectivity index (χ1v) is 7.12. The molecule has 0 aliphatic heterocycles. The van der Waals surface area contributed by atoms with Crippen LogP contribution in [-0.4, -0.2) is 30.2 Å². The van der Waals surface area contributed by atoms with Gasteiger partial charge in [0.25, 0.3) is 0 Å². The van der Waals surface area contributed by atoms with Gasteiger partial charge in [0, 0.05) is 19.6 Å². The lowest BCUT2D eigenvalue weighted by Crippen LogP contribution is -2.33. The van der Waals surface area contributed by atoms with Crippen LogP contribution in [0, 0.1) is 13.8 Å². The Labute approximate surface area is 125 Å². The van der Waals surface area contributed by atoms with Gasteiger partial charge < -0.3 is 15.2 Å². The number of carbonyl (C=O) groups excluding carboxylic acids is 1. The molecule has 1 amide bonds. The summed E-state index contributed by atoms with van der Waals surface area (Å²) >= 11 is 0. The van der Waals surface area contributed by atoms with E-state index in [0.29, 0.717) is 25.2 Å². The zero-order valence-electron chi connectivity index (χ0n) is 12.8. The maximum atomic E-state index is 11.8. The lowest BCUT2D eigenvalue weighted by molar-refractivity contribution is -0.142. The van der Waals surface area contributed by atoms with Crippen LogP contribution in [-0.2, 0) is 14.3 Å². The Morgan fingerprint density at radius 3 is 2.38 bits per heavy atom. The van der Waals surface area contributed by atoms with Crippen LogP contribution in [0.4, 0.5) is 0 Å². The number of carbonyl (C=O) groups is 2. The van der Waals surface area contributed by atoms with Crippen molar-refractivity contribution in [1.82, 2.24) is 5.32 Å². The third-order valence-corrected chi connectivity index (χ3v) is 3.03. The zero-order valence-corrected chi connectivity index (χ0v) is 12.8. The van der Waals surface area contributed by atoms with E-state index in [-0.39, 0.29) is 12.3 Å². The highest BCUT2D eigenvalue weighted by molar-refractivity contribution is 5.84. The quantitative estimate of drug-likeness (QED) is 0.721. The average molecular weight is 293 g/mol. The molecule has 0 heterocycles. The Bertz CT molecular complexity index is 479. The Morgan fingerprint density at radius 2 is 1.86 bits per heavy atom. The van der Waals surface area contributed by atoms with E-state index in [1.54, 1.807) is 12.1 Å². The first-order chi connectivity index (χ1) is 9.93. The van der Waals surface area contributed by atoms with E-state index in [9.17, 15) is 14.7 Å². The van der Waals surface area contributed by atoms with Crippen molar-refractivity contribution in [2.75, 3.05) is 13.2 Å². The normalized spacial score (nSPS) is 12.0. The highest BCUT2D eigenvalue weighted by Crippen LogP contribution is 2.17. The number of carboxylic acid groups (broad SMARTS) is 1. The molecule has 1 rings (SSSR count). The van der Waals surface area contributed by atoms with Crippen LogP contribution in [0.2, 0.25) is 0 Å². The van der Waals surface area contributed by atoms with E-state index in [4.69, 9.17) is 4.74 Å². The Morgan fingerprint density at radius 1 is 1.24 bits per heavy atom. The number of hydrogen-bond donors (Lipinski definition) is 2. The summed E-state index contributed by atoms with van der Waals surface area (Å²) in [5.74, 6) is -1.33. The number of aliphatic carboxylic acids is 1. The number of nitrogens with one attached hydrogen (secondary N) is 1. The number of rotatable bonds is 8. The van der Waals surface area contributed by atoms with Crippen LogP contribution < -0.4 is 5.32 Å². The highest BCUT2D eigenvalue weighted by atomic mass is 16.5. The van der Waals surface area contributed by atoms with Gasteiger partial charge in [-0.1, -0.05) is 29.3 Å². The molecule has 0 fully saturated rings. The van der Waals surface area contributed by atoms with Crippen LogP contribution in [0.15, 0.2) is 18.2 Å². The summed E-state index contributed by atoms with van der Waals surface area (Å²) in [6.07, 6.45) is 0.841. The summed E-state index contributed by atoms with van der Waals surface area (Å²) in [5, 5.41) is 11.9. The second kappa shape index (κ2) is 8.42. The van der Waals surface area contributed by atoms with E-state index in [2.05, 4.69) is 5.32 Å². The molecule has 2 N–H and O–H groups in total. The standard InChI is InChI=1S/C16H23NO4/c1-4-21-7-5-6-14(18)17-15(16(19)20)13-9-11(2)8-12(3)10-13/h8-10,15H,4-7H2,1-3H3,(H,17,18)(H,19,20). The second-order valence-electron chi connectivity index (χ2n) is 5.06. The molecule has 5 heteroatoms. The van der Waals surface area contributed by atoms with E-state index in [1.807, 2.05) is 26.8 Å². The number of benzene rings is 1. The molecule has 0 spiro atoms. The fraction of sp³-hybridized carbons (Fsp3) is 0.500. The average Bonchev–Trinajstić information content (AvgIpc) is 2.39. The SMILES string of the molecule is CCOCCCC(=O)NC(C(=O)O)c1cc(C)cc(C)c1. The topological polar surface area (TPSA) is 75.6 Å². The number of ether oxygens (including phenoxy) is 1. The van der Waals surface area contributed by atoms with Crippen molar-refractivity contribution in [2.45, 2.75) is 39.7 Å². The van der Waals surface area contributed by atoms with Gasteiger partial charge in [-0.05, 0) is 32.8 Å². The van der Waals surface area contributed by atoms with Gasteiger partial charge in [-0.2, -0.15) is 0 Å². The molecule has 0 aliphatic rings. The fourth-order valence-corrected chi connectivity index (χ4v) is 2.18. The number of aryl methyl sites for hydroxylation is 2. The maximum Gasteiger partial charge on any atom is 0.330 e. The maximum absolute atomic E-state index is 11.8. The van der Waals surface area contributed by atoms with E-state index in [0.717, 1.165) is 11.1 Å². The van der Waals surface area contributed by atoms with Crippen LogP contribution in [0.5, 0.6) is 0 Å². The van der Waals surface area contributed by atoms with Crippen molar-refractivity contribution in [3.05, 3.63) is 34.9 Å². The molecule has 21 heavy (non-hydrogen) atoms. The van der Waals surface area contributed by atoms with Gasteiger partial charge in [-0.25, -0.2) is 4.79 Å². The van der Waals surface area contributed by atoms with Gasteiger partial charge in [0.15, 0.2) is 6.04 Å². The smallest absolute Gasteiger partial charge is 0.330 e. The second-order valence-corrected chi connectivity index (χ2v) is 5.06. The minimum atomic E-state index is -1.06. The van der Waals surface area contributed by atoms with E-state index in [1.165, 1.54) is 0 Å². The van der Waals surface area contributed by atoms with E-state index < -0.39 is 12.0 Å². The summed E-state index contributed by atoms with van der Waals surface area (Å²) in [5.41, 5.74) is 2.54. The molecule has 0 saturated heterocycles. The Hall–Kier alpha value is -1.88. The molecule has 0 aliphatic carbocycles. The number of amides is 1. The lowest BCUT2D eigenvalue weighted by Gasteiger charge is -2.16. The van der Waals surface area contributed by atoms with Crippen LogP contribution in [0.25, 0.3) is 0 Å². The third-order valence-electron chi connectivity index (χ3n) is 3.03. The van der Waals surface area contributed by atoms with E-state index >= 15 is 0 Å². The molecule has 1 aromatic carbocycles. The molecule has 5 nitrogen and oxygen atoms in total. The monoisotopic (exact) mass is 293 g/mol. The van der Waals surface area contributed by atoms with Gasteiger partial charge >= 0.3 is 5.97 Å². The van der Waals surface area contributed by atoms with Crippen LogP contribution >= 0.6 is 0 Å². The Kier molecular flexibility index (Phi) is 6.88. The van der Waals surface area contributed by atoms with Gasteiger partial charge in [-0.3, -0.25) is 4.79 Å². The highest BCUT2D eigenvalue weighted by Gasteiger charge is 2.22. The predicted octanol–water partition coefficient (Wildman–Crippen LogP) is 2.36. The van der Waals surface area contributed by atoms with Gasteiger partial charge in [0.2, 0.25) is 5.91 Å². The molecule has 1 atom stereocenters. The van der Waals surface area contributed by atoms with Crippen molar-refractivity contribution >= 4 is 11.9 Å². The molecule has 1 unspecified atom stereocenters. The van der Waals surface area contributed by atoms with Crippen molar-refractivity contribution in [2.24, 2.45) is 0 Å². The summed E-state index contributed by atoms with van der Waals surface area (Å²) in [6.45, 7) is 6.81. The van der Waals surface area contributed by atoms with Crippen molar-refractivity contribution in [1.29, 1.82) is 0 Å². The number of hydrogen-bond acceptors (Lipinski definition) is 3. The minimum absolute atomic E-state index is 0.259. The summed E-state index contributed by atoms with van der Waals surface area (Å²) < 4.78 is 5.16. The molecule has 0 aromatic heterocycles. The van der Waals surface area contributed by atoms with Gasteiger partial charge in [0.1, 0.15) is 0 Å². The van der Waals surface area contributed by atoms with Crippen LogP contribution in [0.1, 0.15) is 42.5 Å². The molecule has 0 bridgehead atoms. The molecule has 1 aromatic rings. The zero-order chi connectivity index (χ0) is 15.8. The summed E-state index contributed by atoms with van der Waals surface area (Å²) in [7, 11) is 0. The summed E-state index contributed by atoms with van der Waals surface area (Å²) in [6, 6.07) is 4.52. The first kappa shape index (κ1) is 17.2. The molecular weight excluding hydrogens is 270 g/mol.